The molecule has 0 unspecified atom stereocenters. The molecule has 0 radical (unpaired) electrons. The Morgan fingerprint density at radius 2 is 2.33 bits per heavy atom. The van der Waals surface area contributed by atoms with Crippen molar-refractivity contribution < 1.29 is 0 Å². The lowest BCUT2D eigenvalue weighted by Crippen LogP contribution is -1.97. The number of nitrogens with one attached hydrogen (secondary N) is 1. The molecule has 0 aromatic carbocycles. The molecule has 15 heavy (non-hydrogen) atoms. The van der Waals surface area contributed by atoms with Crippen molar-refractivity contribution in [1.29, 1.82) is 5.41 Å². The lowest BCUT2D eigenvalue weighted by Gasteiger charge is -2.04. The maximum Gasteiger partial charge on any atom is 0.0969 e. The number of anilines is 1. The Hall–Kier alpha value is -2.17. The van der Waals surface area contributed by atoms with Gasteiger partial charge in [-0.1, -0.05) is 0 Å². The number of pyridine rings is 1. The molecule has 0 spiro atoms. The summed E-state index contributed by atoms with van der Waals surface area (Å²) < 4.78 is 1.69. The van der Waals surface area contributed by atoms with E-state index in [1.54, 1.807) is 23.1 Å². The van der Waals surface area contributed by atoms with Crippen LogP contribution in [-0.4, -0.2) is 21.0 Å². The smallest absolute Gasteiger partial charge is 0.0969 e. The molecular formula is C10H11N5. The van der Waals surface area contributed by atoms with Crippen molar-refractivity contribution in [2.24, 2.45) is 7.05 Å². The Bertz CT molecular complexity index is 500. The molecule has 76 valence electrons. The highest BCUT2D eigenvalue weighted by Crippen LogP contribution is 2.24. The summed E-state index contributed by atoms with van der Waals surface area (Å²) in [6.45, 7) is 0. The number of hydrogen-bond acceptors (Lipinski definition) is 4. The van der Waals surface area contributed by atoms with Gasteiger partial charge in [0, 0.05) is 36.8 Å². The van der Waals surface area contributed by atoms with Crippen molar-refractivity contribution >= 4 is 11.9 Å². The first-order valence-corrected chi connectivity index (χ1v) is 4.46. The summed E-state index contributed by atoms with van der Waals surface area (Å²) >= 11 is 0. The maximum absolute atomic E-state index is 7.20. The van der Waals surface area contributed by atoms with Crippen LogP contribution in [0.2, 0.25) is 0 Å². The second kappa shape index (κ2) is 3.53. The van der Waals surface area contributed by atoms with E-state index in [1.807, 2.05) is 13.2 Å². The Balaban J connectivity index is 2.58. The lowest BCUT2D eigenvalue weighted by atomic mass is 10.1. The first-order chi connectivity index (χ1) is 7.22. The van der Waals surface area contributed by atoms with E-state index in [-0.39, 0.29) is 0 Å². The van der Waals surface area contributed by atoms with Crippen LogP contribution in [0.3, 0.4) is 0 Å². The van der Waals surface area contributed by atoms with Crippen molar-refractivity contribution in [1.82, 2.24) is 14.8 Å². The van der Waals surface area contributed by atoms with Crippen molar-refractivity contribution in [3.05, 3.63) is 30.2 Å². The second-order valence-electron chi connectivity index (χ2n) is 3.21. The quantitative estimate of drug-likeness (QED) is 0.713. The molecule has 2 aromatic heterocycles. The molecule has 0 aliphatic carbocycles. The number of aryl methyl sites for hydroxylation is 1. The fraction of sp³-hybridized carbons (Fsp3) is 0.100. The van der Waals surface area contributed by atoms with Crippen LogP contribution in [-0.2, 0) is 7.05 Å². The Morgan fingerprint density at radius 3 is 2.93 bits per heavy atom. The summed E-state index contributed by atoms with van der Waals surface area (Å²) in [7, 11) is 1.83. The minimum Gasteiger partial charge on any atom is -0.396 e. The molecule has 2 heterocycles. The molecule has 2 aromatic rings. The minimum absolute atomic E-state index is 0.514. The van der Waals surface area contributed by atoms with Gasteiger partial charge in [-0.15, -0.1) is 0 Å². The molecule has 0 atom stereocenters. The molecule has 5 nitrogen and oxygen atoms in total. The van der Waals surface area contributed by atoms with Gasteiger partial charge in [-0.25, -0.2) is 0 Å². The largest absolute Gasteiger partial charge is 0.396 e. The van der Waals surface area contributed by atoms with Crippen molar-refractivity contribution in [2.75, 3.05) is 5.73 Å². The molecule has 0 amide bonds. The van der Waals surface area contributed by atoms with Gasteiger partial charge in [0.05, 0.1) is 17.6 Å². The highest BCUT2D eigenvalue weighted by atomic mass is 15.2. The molecule has 2 rings (SSSR count). The summed E-state index contributed by atoms with van der Waals surface area (Å²) in [5.41, 5.74) is 8.60. The van der Waals surface area contributed by atoms with Crippen LogP contribution in [0.4, 0.5) is 5.69 Å². The molecule has 0 saturated heterocycles. The van der Waals surface area contributed by atoms with E-state index in [0.717, 1.165) is 5.56 Å². The number of nitrogen functional groups attached to an aromatic ring is 1. The van der Waals surface area contributed by atoms with E-state index in [0.29, 0.717) is 16.9 Å². The van der Waals surface area contributed by atoms with Crippen LogP contribution in [0.5, 0.6) is 0 Å². The summed E-state index contributed by atoms with van der Waals surface area (Å²) in [6.07, 6.45) is 6.40. The van der Waals surface area contributed by atoms with E-state index in [9.17, 15) is 0 Å². The first kappa shape index (κ1) is 9.39. The van der Waals surface area contributed by atoms with E-state index in [2.05, 4.69) is 10.1 Å². The molecule has 5 heteroatoms. The van der Waals surface area contributed by atoms with Crippen LogP contribution in [0.1, 0.15) is 5.56 Å². The first-order valence-electron chi connectivity index (χ1n) is 4.46. The van der Waals surface area contributed by atoms with E-state index in [1.165, 1.54) is 6.21 Å². The van der Waals surface area contributed by atoms with Crippen molar-refractivity contribution in [3.8, 4) is 11.3 Å². The van der Waals surface area contributed by atoms with Crippen LogP contribution in [0, 0.1) is 5.41 Å². The zero-order valence-electron chi connectivity index (χ0n) is 8.31. The Labute approximate surface area is 87.1 Å². The normalized spacial score (nSPS) is 10.2. The molecule has 0 saturated carbocycles. The van der Waals surface area contributed by atoms with Gasteiger partial charge in [0.2, 0.25) is 0 Å². The third kappa shape index (κ3) is 1.59. The van der Waals surface area contributed by atoms with Gasteiger partial charge in [0.15, 0.2) is 0 Å². The topological polar surface area (TPSA) is 80.6 Å². The van der Waals surface area contributed by atoms with E-state index >= 15 is 0 Å². The fourth-order valence-electron chi connectivity index (χ4n) is 1.39. The van der Waals surface area contributed by atoms with Crippen molar-refractivity contribution in [3.63, 3.8) is 0 Å². The molecular weight excluding hydrogens is 190 g/mol. The summed E-state index contributed by atoms with van der Waals surface area (Å²) in [5, 5.41) is 11.2. The van der Waals surface area contributed by atoms with Crippen LogP contribution >= 0.6 is 0 Å². The lowest BCUT2D eigenvalue weighted by molar-refractivity contribution is 0.768. The molecule has 0 bridgehead atoms. The standard InChI is InChI=1S/C10H11N5/c1-15-6-8(5-14-15)10-9(12)7(4-11)2-3-13-10/h2-6,11H,12H2,1H3. The second-order valence-corrected chi connectivity index (χ2v) is 3.21. The van der Waals surface area contributed by atoms with Gasteiger partial charge >= 0.3 is 0 Å². The number of aromatic nitrogens is 3. The van der Waals surface area contributed by atoms with Gasteiger partial charge in [-0.2, -0.15) is 5.10 Å². The number of nitrogens with two attached hydrogens (primary N) is 1. The third-order valence-electron chi connectivity index (χ3n) is 2.16. The molecule has 0 aliphatic heterocycles. The zero-order chi connectivity index (χ0) is 10.8. The minimum atomic E-state index is 0.514. The highest BCUT2D eigenvalue weighted by molar-refractivity contribution is 5.90. The SMILES string of the molecule is Cn1cc(-c2nccc(C=N)c2N)cn1. The highest BCUT2D eigenvalue weighted by Gasteiger charge is 2.08. The van der Waals surface area contributed by atoms with Crippen LogP contribution < -0.4 is 5.73 Å². The Kier molecular flexibility index (Phi) is 2.21. The fourth-order valence-corrected chi connectivity index (χ4v) is 1.39. The third-order valence-corrected chi connectivity index (χ3v) is 2.16. The monoisotopic (exact) mass is 201 g/mol. The Morgan fingerprint density at radius 1 is 1.53 bits per heavy atom. The number of nitrogens with zero attached hydrogens (tertiary/aromatic N) is 3. The summed E-state index contributed by atoms with van der Waals surface area (Å²) in [6, 6.07) is 1.71. The number of hydrogen-bond donors (Lipinski definition) is 2. The van der Waals surface area contributed by atoms with Gasteiger partial charge in [0.25, 0.3) is 0 Å². The molecule has 3 N–H and O–H groups in total. The van der Waals surface area contributed by atoms with Crippen molar-refractivity contribution in [2.45, 2.75) is 0 Å². The van der Waals surface area contributed by atoms with E-state index in [4.69, 9.17) is 11.1 Å². The van der Waals surface area contributed by atoms with E-state index < -0.39 is 0 Å². The predicted molar refractivity (Wildman–Crippen MR) is 58.7 cm³/mol. The average Bonchev–Trinajstić information content (AvgIpc) is 2.65. The predicted octanol–water partition coefficient (Wildman–Crippen LogP) is 1.06. The molecule has 0 fully saturated rings. The molecule has 0 aliphatic rings. The van der Waals surface area contributed by atoms with Crippen LogP contribution in [0.15, 0.2) is 24.7 Å². The van der Waals surface area contributed by atoms with Gasteiger partial charge in [0.1, 0.15) is 0 Å². The summed E-state index contributed by atoms with van der Waals surface area (Å²) in [5.74, 6) is 0. The number of rotatable bonds is 2. The zero-order valence-corrected chi connectivity index (χ0v) is 8.31. The van der Waals surface area contributed by atoms with Gasteiger partial charge < -0.3 is 11.1 Å². The van der Waals surface area contributed by atoms with Gasteiger partial charge in [-0.05, 0) is 6.07 Å². The summed E-state index contributed by atoms with van der Waals surface area (Å²) in [4.78, 5) is 4.19. The average molecular weight is 201 g/mol. The van der Waals surface area contributed by atoms with Crippen LogP contribution in [0.25, 0.3) is 11.3 Å². The van der Waals surface area contributed by atoms with Gasteiger partial charge in [-0.3, -0.25) is 9.67 Å². The maximum atomic E-state index is 7.20.